The van der Waals surface area contributed by atoms with Crippen molar-refractivity contribution in [1.82, 2.24) is 40.6 Å². The Balaban J connectivity index is 0.000000422. The molecule has 7 N–H and O–H groups in total. The predicted molar refractivity (Wildman–Crippen MR) is 388 cm³/mol. The Labute approximate surface area is 652 Å². The Kier molecular flexibility index (Phi) is 41.4. The first kappa shape index (κ1) is 92.7. The smallest absolute Gasteiger partial charge is 0.327 e. The zero-order chi connectivity index (χ0) is 82.5. The number of rotatable bonds is 54. The quantitative estimate of drug-likeness (QED) is 0.0188. The van der Waals surface area contributed by atoms with Gasteiger partial charge in [-0.25, -0.2) is 22.4 Å². The van der Waals surface area contributed by atoms with Crippen LogP contribution in [0.1, 0.15) is 72.1 Å². The highest BCUT2D eigenvalue weighted by molar-refractivity contribution is 6.13. The summed E-state index contributed by atoms with van der Waals surface area (Å²) in [4.78, 5) is 145. The number of amides is 9. The number of likely N-dealkylation sites (tertiary alicyclic amines) is 3. The monoisotopic (exact) mass is 1610 g/mol. The Morgan fingerprint density at radius 3 is 1.16 bits per heavy atom. The fourth-order valence-electron chi connectivity index (χ4n) is 11.1. The number of carboxylic acids is 2. The number of nitrogens with zero attached hydrogens (tertiary/aromatic N) is 7. The van der Waals surface area contributed by atoms with Crippen molar-refractivity contribution in [2.75, 3.05) is 202 Å². The van der Waals surface area contributed by atoms with Crippen LogP contribution in [0.4, 0.5) is 28.9 Å². The Bertz CT molecular complexity index is 3900. The number of nitrogens with one attached hydrogen (secondary N) is 5. The summed E-state index contributed by atoms with van der Waals surface area (Å²) in [6.45, 7) is 6.75. The summed E-state index contributed by atoms with van der Waals surface area (Å²) >= 11 is 0. The van der Waals surface area contributed by atoms with E-state index in [4.69, 9.17) is 72.5 Å². The molecule has 0 spiro atoms. The molecule has 0 aliphatic carbocycles. The topological polar surface area (TPSA) is 482 Å². The van der Waals surface area contributed by atoms with E-state index in [0.717, 1.165) is 4.90 Å². The second-order valence-electron chi connectivity index (χ2n) is 25.1. The molecule has 0 bridgehead atoms. The van der Waals surface area contributed by atoms with Gasteiger partial charge in [0.2, 0.25) is 41.4 Å². The highest BCUT2D eigenvalue weighted by atomic mass is 19.3. The fourth-order valence-corrected chi connectivity index (χ4v) is 11.1. The van der Waals surface area contributed by atoms with Crippen molar-refractivity contribution in [2.24, 2.45) is 0 Å². The third-order valence-electron chi connectivity index (χ3n) is 16.6. The number of aliphatic carboxylic acids is 2. The maximum Gasteiger partial charge on any atom is 0.327 e. The molecule has 3 aliphatic heterocycles. The molecule has 4 aromatic rings. The van der Waals surface area contributed by atoms with E-state index >= 15 is 0 Å². The average molecular weight is 1620 g/mol. The number of carbonyl (C=O) groups is 11. The summed E-state index contributed by atoms with van der Waals surface area (Å²) in [7, 11) is 0. The average Bonchev–Trinajstić information content (AvgIpc) is 1.28. The van der Waals surface area contributed by atoms with Crippen molar-refractivity contribution >= 4 is 98.3 Å². The Morgan fingerprint density at radius 2 is 0.807 bits per heavy atom. The number of carboxylic acid groups (broad SMARTS) is 2. The van der Waals surface area contributed by atoms with E-state index in [1.165, 1.54) is 42.7 Å². The van der Waals surface area contributed by atoms with Gasteiger partial charge in [0.15, 0.2) is 0 Å². The van der Waals surface area contributed by atoms with Gasteiger partial charge in [0.05, 0.1) is 243 Å². The molecule has 41 heteroatoms. The van der Waals surface area contributed by atoms with E-state index in [1.54, 1.807) is 30.3 Å². The molecular formula is C73H94F4N12O25. The summed E-state index contributed by atoms with van der Waals surface area (Å²) in [6, 6.07) is 11.0. The van der Waals surface area contributed by atoms with Crippen LogP contribution in [0, 0.1) is 22.7 Å². The molecule has 9 amide bonds. The van der Waals surface area contributed by atoms with Gasteiger partial charge in [0.1, 0.15) is 18.1 Å². The van der Waals surface area contributed by atoms with Crippen LogP contribution in [0.15, 0.2) is 60.9 Å². The molecule has 3 aliphatic rings. The van der Waals surface area contributed by atoms with Gasteiger partial charge in [-0.05, 0) is 24.3 Å². The first-order valence-electron chi connectivity index (χ1n) is 36.5. The maximum absolute atomic E-state index is 13.8. The number of imide groups is 1. The minimum absolute atomic E-state index is 0.0208. The van der Waals surface area contributed by atoms with Crippen molar-refractivity contribution in [1.29, 1.82) is 10.5 Å². The molecule has 3 fully saturated rings. The maximum atomic E-state index is 13.8. The molecule has 2 aromatic heterocycles. The third kappa shape index (κ3) is 33.5. The first-order chi connectivity index (χ1) is 54.9. The molecule has 2 aromatic carbocycles. The molecule has 3 saturated heterocycles. The molecule has 37 nitrogen and oxygen atoms in total. The van der Waals surface area contributed by atoms with E-state index in [2.05, 4.69) is 36.6 Å². The third-order valence-corrected chi connectivity index (χ3v) is 16.6. The second-order valence-corrected chi connectivity index (χ2v) is 25.1. The van der Waals surface area contributed by atoms with Gasteiger partial charge in [-0.1, -0.05) is 24.3 Å². The molecule has 7 rings (SSSR count). The minimum Gasteiger partial charge on any atom is -0.481 e. The van der Waals surface area contributed by atoms with Gasteiger partial charge >= 0.3 is 11.9 Å². The lowest BCUT2D eigenvalue weighted by Gasteiger charge is -2.22. The van der Waals surface area contributed by atoms with Crippen LogP contribution in [-0.4, -0.2) is 321 Å². The Hall–Kier alpha value is -10.1. The lowest BCUT2D eigenvalue weighted by Crippen LogP contribution is -2.46. The minimum atomic E-state index is -3.20. The van der Waals surface area contributed by atoms with Gasteiger partial charge in [-0.3, -0.25) is 62.8 Å². The van der Waals surface area contributed by atoms with Crippen molar-refractivity contribution in [3.05, 3.63) is 72.1 Å². The summed E-state index contributed by atoms with van der Waals surface area (Å²) in [5.74, 6) is -14.9. The lowest BCUT2D eigenvalue weighted by atomic mass is 10.1. The molecule has 5 heterocycles. The normalized spacial score (nSPS) is 15.7. The highest BCUT2D eigenvalue weighted by Gasteiger charge is 2.48. The first-order valence-corrected chi connectivity index (χ1v) is 36.5. The van der Waals surface area contributed by atoms with Gasteiger partial charge in [0, 0.05) is 68.2 Å². The largest absolute Gasteiger partial charge is 0.481 e. The van der Waals surface area contributed by atoms with Crippen LogP contribution in [-0.2, 0) is 100.0 Å². The van der Waals surface area contributed by atoms with E-state index in [1.807, 2.05) is 0 Å². The van der Waals surface area contributed by atoms with Gasteiger partial charge < -0.3 is 103 Å². The zero-order valence-electron chi connectivity index (χ0n) is 62.6. The van der Waals surface area contributed by atoms with Crippen molar-refractivity contribution in [3.8, 4) is 12.1 Å². The lowest BCUT2D eigenvalue weighted by molar-refractivity contribution is -0.155. The van der Waals surface area contributed by atoms with Crippen LogP contribution >= 0.6 is 0 Å². The van der Waals surface area contributed by atoms with E-state index in [9.17, 15) is 75.4 Å². The fraction of sp³-hybridized carbons (Fsp3) is 0.575. The number of anilines is 2. The molecule has 624 valence electrons. The molecule has 114 heavy (non-hydrogen) atoms. The molecule has 0 saturated carbocycles. The predicted octanol–water partition coefficient (Wildman–Crippen LogP) is 1.89. The second kappa shape index (κ2) is 50.8. The van der Waals surface area contributed by atoms with Gasteiger partial charge in [0.25, 0.3) is 23.7 Å². The summed E-state index contributed by atoms with van der Waals surface area (Å²) in [5, 5.41) is 49.5. The SMILES string of the molecule is N#CC1CC(F)(F)CN1C(=O)CNC(=O)c1ccnc2c(NC(=O)C[C@@H](C(=O)O)N3C(=O)CCC3=O)cccc12.N#C[C@@H]1CC(F)(F)CN1C(=O)CNC(=O)c1ccnc2c(NC(=O)CCC(=O)NCCOCCOCCOCCOCCOCCOCCOCCOCCOCCOCCOCCOCCC(=O)O)cccc12. The number of fused-ring (bicyclic) bond motifs is 2. The van der Waals surface area contributed by atoms with Gasteiger partial charge in [-0.2, -0.15) is 10.5 Å². The van der Waals surface area contributed by atoms with E-state index < -0.39 is 135 Å². The Morgan fingerprint density at radius 1 is 0.465 bits per heavy atom. The molecular weight excluding hydrogens is 1520 g/mol. The van der Waals surface area contributed by atoms with Crippen molar-refractivity contribution in [2.45, 2.75) is 81.3 Å². The molecule has 3 atom stereocenters. The van der Waals surface area contributed by atoms with E-state index in [0.29, 0.717) is 166 Å². The number of para-hydroxylation sites is 2. The number of carbonyl (C=O) groups excluding carboxylic acids is 9. The standard InChI is InChI=1S/C48H72F2N6O18.C25H22F2N6O7/c49-48(50)34-38(35-51)56(37-48)44(59)36-54-47(62)40-6-8-53-46-39(40)2-1-3-41(46)55-43(58)5-4-42(57)52-9-11-64-13-15-66-17-19-68-21-23-70-25-27-72-29-31-74-33-32-73-30-28-71-26-24-69-22-20-67-18-16-65-14-12-63-10-7-45(60)61;26-25(27)9-13(10-28)32(12-25)21(37)11-30-23(38)15-6-7-29-22-14(15)2-1-3-16(22)31-18(34)8-17(24(39)40)33-19(35)4-5-20(33)36/h1-3,6,8,38H,4-5,7,9-34,36-37H2,(H,52,57)(H,54,62)(H,55,58)(H,60,61);1-3,6-7,13,17H,4-5,8-9,11-12H2,(H,30,38)(H,31,34)(H,39,40)/t38-;13?,17-/m00/s1. The number of alkyl halides is 4. The number of hydrogen-bond donors (Lipinski definition) is 7. The summed E-state index contributed by atoms with van der Waals surface area (Å²) in [6.07, 6.45) is -0.199. The van der Waals surface area contributed by atoms with E-state index in [-0.39, 0.29) is 91.0 Å². The summed E-state index contributed by atoms with van der Waals surface area (Å²) in [5.41, 5.74) is 0.972. The number of pyridine rings is 2. The molecule has 0 radical (unpaired) electrons. The summed E-state index contributed by atoms with van der Waals surface area (Å²) < 4.78 is 120. The zero-order valence-corrected chi connectivity index (χ0v) is 62.6. The van der Waals surface area contributed by atoms with Crippen molar-refractivity contribution < 1.29 is 137 Å². The van der Waals surface area contributed by atoms with Crippen LogP contribution in [0.3, 0.4) is 0 Å². The van der Waals surface area contributed by atoms with Gasteiger partial charge in [-0.15, -0.1) is 0 Å². The van der Waals surface area contributed by atoms with Crippen LogP contribution in [0.5, 0.6) is 0 Å². The number of ether oxygens (including phenoxy) is 12. The number of hydrogen-bond acceptors (Lipinski definition) is 27. The highest BCUT2D eigenvalue weighted by Crippen LogP contribution is 2.34. The number of benzene rings is 2. The van der Waals surface area contributed by atoms with Crippen LogP contribution in [0.25, 0.3) is 21.8 Å². The molecule has 1 unspecified atom stereocenters. The number of halogens is 4. The number of nitriles is 2. The van der Waals surface area contributed by atoms with Crippen molar-refractivity contribution in [3.63, 3.8) is 0 Å². The number of aromatic nitrogens is 2. The van der Waals surface area contributed by atoms with Crippen LogP contribution < -0.4 is 26.6 Å². The van der Waals surface area contributed by atoms with Crippen LogP contribution in [0.2, 0.25) is 0 Å².